The number of benzene rings is 1. The van der Waals surface area contributed by atoms with Gasteiger partial charge < -0.3 is 15.8 Å². The molecule has 0 aliphatic heterocycles. The highest BCUT2D eigenvalue weighted by atomic mass is 35.5. The fraction of sp³-hybridized carbons (Fsp3) is 0.364. The second-order valence-corrected chi connectivity index (χ2v) is 4.96. The fourth-order valence-electron chi connectivity index (χ4n) is 1.38. The number of thioether (sulfide) groups is 1. The van der Waals surface area contributed by atoms with E-state index in [1.54, 1.807) is 23.9 Å². The minimum atomic E-state index is 0.0604. The van der Waals surface area contributed by atoms with Gasteiger partial charge in [-0.3, -0.25) is 0 Å². The first-order chi connectivity index (χ1) is 8.10. The predicted octanol–water partition coefficient (Wildman–Crippen LogP) is 2.23. The maximum atomic E-state index is 8.58. The Morgan fingerprint density at radius 1 is 1.59 bits per heavy atom. The maximum absolute atomic E-state index is 8.58. The lowest BCUT2D eigenvalue weighted by atomic mass is 10.2. The number of hydrogen-bond acceptors (Lipinski definition) is 4. The first-order valence-electron chi connectivity index (χ1n) is 5.07. The summed E-state index contributed by atoms with van der Waals surface area (Å²) in [7, 11) is 1.99. The molecule has 0 saturated heterocycles. The maximum Gasteiger partial charge on any atom is 0.170 e. The third-order valence-corrected chi connectivity index (χ3v) is 3.29. The van der Waals surface area contributed by atoms with Crippen LogP contribution in [0.1, 0.15) is 5.56 Å². The van der Waals surface area contributed by atoms with Crippen LogP contribution in [0, 0.1) is 0 Å². The Morgan fingerprint density at radius 2 is 2.29 bits per heavy atom. The second kappa shape index (κ2) is 6.61. The van der Waals surface area contributed by atoms with Crippen molar-refractivity contribution < 1.29 is 5.21 Å². The van der Waals surface area contributed by atoms with E-state index in [1.807, 2.05) is 13.1 Å². The zero-order valence-electron chi connectivity index (χ0n) is 9.85. The number of nitrogens with zero attached hydrogens (tertiary/aromatic N) is 2. The zero-order chi connectivity index (χ0) is 12.8. The molecular weight excluding hydrogens is 258 g/mol. The zero-order valence-corrected chi connectivity index (χ0v) is 11.4. The van der Waals surface area contributed by atoms with Crippen LogP contribution < -0.4 is 10.6 Å². The van der Waals surface area contributed by atoms with E-state index in [4.69, 9.17) is 22.5 Å². The van der Waals surface area contributed by atoms with Crippen molar-refractivity contribution in [2.75, 3.05) is 30.5 Å². The molecule has 0 amide bonds. The summed E-state index contributed by atoms with van der Waals surface area (Å²) in [4.78, 5) is 2.08. The quantitative estimate of drug-likeness (QED) is 0.374. The van der Waals surface area contributed by atoms with E-state index in [1.165, 1.54) is 0 Å². The molecule has 17 heavy (non-hydrogen) atoms. The van der Waals surface area contributed by atoms with Gasteiger partial charge >= 0.3 is 0 Å². The van der Waals surface area contributed by atoms with Gasteiger partial charge in [-0.25, -0.2) is 0 Å². The minimum Gasteiger partial charge on any atom is -0.409 e. The minimum absolute atomic E-state index is 0.0604. The Hall–Kier alpha value is -1.07. The van der Waals surface area contributed by atoms with Crippen molar-refractivity contribution in [1.29, 1.82) is 0 Å². The van der Waals surface area contributed by atoms with Crippen LogP contribution in [0.4, 0.5) is 5.69 Å². The average Bonchev–Trinajstić information content (AvgIpc) is 2.34. The molecule has 3 N–H and O–H groups in total. The summed E-state index contributed by atoms with van der Waals surface area (Å²) < 4.78 is 0. The van der Waals surface area contributed by atoms with E-state index < -0.39 is 0 Å². The van der Waals surface area contributed by atoms with E-state index in [2.05, 4.69) is 16.3 Å². The molecule has 4 nitrogen and oxygen atoms in total. The third kappa shape index (κ3) is 3.71. The molecule has 6 heteroatoms. The molecule has 94 valence electrons. The van der Waals surface area contributed by atoms with E-state index in [0.29, 0.717) is 10.6 Å². The van der Waals surface area contributed by atoms with Gasteiger partial charge in [0.05, 0.1) is 10.7 Å². The number of rotatable bonds is 5. The van der Waals surface area contributed by atoms with Gasteiger partial charge in [0.15, 0.2) is 5.84 Å². The summed E-state index contributed by atoms with van der Waals surface area (Å²) in [6.07, 6.45) is 2.07. The van der Waals surface area contributed by atoms with E-state index in [0.717, 1.165) is 18.0 Å². The molecule has 0 aliphatic carbocycles. The van der Waals surface area contributed by atoms with Crippen LogP contribution >= 0.6 is 23.4 Å². The second-order valence-electron chi connectivity index (χ2n) is 3.57. The predicted molar refractivity (Wildman–Crippen MR) is 75.6 cm³/mol. The van der Waals surface area contributed by atoms with Crippen molar-refractivity contribution in [1.82, 2.24) is 0 Å². The van der Waals surface area contributed by atoms with E-state index in [-0.39, 0.29) is 5.84 Å². The van der Waals surface area contributed by atoms with E-state index in [9.17, 15) is 0 Å². The van der Waals surface area contributed by atoms with Crippen LogP contribution in [0.25, 0.3) is 0 Å². The first kappa shape index (κ1) is 14.0. The van der Waals surface area contributed by atoms with Gasteiger partial charge in [-0.15, -0.1) is 0 Å². The molecule has 1 aromatic carbocycles. The molecule has 0 spiro atoms. The topological polar surface area (TPSA) is 61.8 Å². The van der Waals surface area contributed by atoms with Crippen molar-refractivity contribution in [2.45, 2.75) is 0 Å². The molecule has 0 unspecified atom stereocenters. The van der Waals surface area contributed by atoms with Crippen molar-refractivity contribution in [3.8, 4) is 0 Å². The van der Waals surface area contributed by atoms with Crippen molar-refractivity contribution in [3.05, 3.63) is 28.8 Å². The fourth-order valence-corrected chi connectivity index (χ4v) is 2.16. The molecular formula is C11H16ClN3OS. The highest BCUT2D eigenvalue weighted by molar-refractivity contribution is 7.98. The standard InChI is InChI=1S/C11H16ClN3OS/c1-15(5-6-17-2)10-4-3-8(7-9(10)12)11(13)14-16/h3-4,7,16H,5-6H2,1-2H3,(H2,13,14). The molecule has 1 aromatic rings. The van der Waals surface area contributed by atoms with Gasteiger partial charge in [-0.1, -0.05) is 16.8 Å². The molecule has 0 atom stereocenters. The number of halogens is 1. The highest BCUT2D eigenvalue weighted by Crippen LogP contribution is 2.26. The van der Waals surface area contributed by atoms with Gasteiger partial charge in [-0.2, -0.15) is 11.8 Å². The van der Waals surface area contributed by atoms with Gasteiger partial charge in [0.1, 0.15) is 0 Å². The number of anilines is 1. The summed E-state index contributed by atoms with van der Waals surface area (Å²) in [5.41, 5.74) is 7.04. The van der Waals surface area contributed by atoms with Crippen molar-refractivity contribution in [2.24, 2.45) is 10.9 Å². The number of oxime groups is 1. The Balaban J connectivity index is 2.89. The molecule has 0 aliphatic rings. The molecule has 0 heterocycles. The van der Waals surface area contributed by atoms with Crippen LogP contribution in [0.5, 0.6) is 0 Å². The Kier molecular flexibility index (Phi) is 5.44. The first-order valence-corrected chi connectivity index (χ1v) is 6.85. The SMILES string of the molecule is CSCCN(C)c1ccc(/C(N)=N/O)cc1Cl. The summed E-state index contributed by atoms with van der Waals surface area (Å²) in [6.45, 7) is 0.920. The largest absolute Gasteiger partial charge is 0.409 e. The van der Waals surface area contributed by atoms with Crippen LogP contribution in [-0.4, -0.2) is 36.6 Å². The van der Waals surface area contributed by atoms with Gasteiger partial charge in [0, 0.05) is 24.9 Å². The van der Waals surface area contributed by atoms with Gasteiger partial charge in [-0.05, 0) is 24.5 Å². The van der Waals surface area contributed by atoms with Gasteiger partial charge in [0.25, 0.3) is 0 Å². The summed E-state index contributed by atoms with van der Waals surface area (Å²) >= 11 is 7.95. The molecule has 0 aromatic heterocycles. The summed E-state index contributed by atoms with van der Waals surface area (Å²) in [5, 5.41) is 12.1. The number of amidine groups is 1. The molecule has 0 bridgehead atoms. The van der Waals surface area contributed by atoms with Crippen LogP contribution in [-0.2, 0) is 0 Å². The third-order valence-electron chi connectivity index (χ3n) is 2.39. The molecule has 1 rings (SSSR count). The normalized spacial score (nSPS) is 11.6. The van der Waals surface area contributed by atoms with Crippen LogP contribution in [0.15, 0.2) is 23.4 Å². The Morgan fingerprint density at radius 3 is 2.82 bits per heavy atom. The Bertz CT molecular complexity index is 412. The summed E-state index contributed by atoms with van der Waals surface area (Å²) in [5.74, 6) is 1.10. The molecule has 0 fully saturated rings. The van der Waals surface area contributed by atoms with Gasteiger partial charge in [0.2, 0.25) is 0 Å². The monoisotopic (exact) mass is 273 g/mol. The van der Waals surface area contributed by atoms with Crippen LogP contribution in [0.2, 0.25) is 5.02 Å². The Labute approximate surface area is 110 Å². The lowest BCUT2D eigenvalue weighted by Crippen LogP contribution is -2.21. The lowest BCUT2D eigenvalue weighted by Gasteiger charge is -2.20. The number of hydrogen-bond donors (Lipinski definition) is 2. The molecule has 0 radical (unpaired) electrons. The lowest BCUT2D eigenvalue weighted by molar-refractivity contribution is 0.318. The average molecular weight is 274 g/mol. The molecule has 0 saturated carbocycles. The van der Waals surface area contributed by atoms with E-state index >= 15 is 0 Å². The highest BCUT2D eigenvalue weighted by Gasteiger charge is 2.08. The smallest absolute Gasteiger partial charge is 0.170 e. The summed E-state index contributed by atoms with van der Waals surface area (Å²) in [6, 6.07) is 5.35. The van der Waals surface area contributed by atoms with Crippen molar-refractivity contribution >= 4 is 34.9 Å². The van der Waals surface area contributed by atoms with Crippen molar-refractivity contribution in [3.63, 3.8) is 0 Å². The number of nitrogens with two attached hydrogens (primary N) is 1. The van der Waals surface area contributed by atoms with Crippen LogP contribution in [0.3, 0.4) is 0 Å².